The molecule has 0 aromatic heterocycles. The first-order valence-electron chi connectivity index (χ1n) is 30.5. The second-order valence-corrected chi connectivity index (χ2v) is 22.8. The number of nitriles is 9. The molecule has 0 saturated heterocycles. The fraction of sp³-hybridized carbons (Fsp3) is 0.0230. The van der Waals surface area contributed by atoms with Crippen molar-refractivity contribution in [2.24, 2.45) is 0 Å². The molecule has 0 unspecified atom stereocenters. The van der Waals surface area contributed by atoms with E-state index in [9.17, 15) is 41.2 Å². The van der Waals surface area contributed by atoms with Gasteiger partial charge in [-0.3, -0.25) is 9.59 Å². The molecule has 0 heterocycles. The molecule has 13 rings (SSSR count). The molecule has 480 valence electrons. The van der Waals surface area contributed by atoms with E-state index in [0.717, 1.165) is 0 Å². The van der Waals surface area contributed by atoms with Gasteiger partial charge in [0.2, 0.25) is 17.9 Å². The number of allylic oxidation sites excluding steroid dienone is 6. The zero-order valence-electron chi connectivity index (χ0n) is 53.9. The summed E-state index contributed by atoms with van der Waals surface area (Å²) >= 11 is 0. The van der Waals surface area contributed by atoms with Crippen molar-refractivity contribution >= 4 is 94.8 Å². The summed E-state index contributed by atoms with van der Waals surface area (Å²) in [5, 5.41) is 88.4. The monoisotopic (exact) mass is 1350 g/mol. The summed E-state index contributed by atoms with van der Waals surface area (Å²) in [6.07, 6.45) is 0. The lowest BCUT2D eigenvalue weighted by Gasteiger charge is -2.15. The highest BCUT2D eigenvalue weighted by atomic mass is 16.1. The van der Waals surface area contributed by atoms with Crippen molar-refractivity contribution in [1.82, 2.24) is 0 Å². The summed E-state index contributed by atoms with van der Waals surface area (Å²) in [6.45, 7) is 61.5. The van der Waals surface area contributed by atoms with E-state index in [1.54, 1.807) is 121 Å². The molecule has 19 heteroatoms. The van der Waals surface area contributed by atoms with Gasteiger partial charge in [0.25, 0.3) is 0 Å². The predicted octanol–water partition coefficient (Wildman–Crippen LogP) is 19.7. The Hall–Kier alpha value is -17.9. The molecular formula is C87H35N17O2. The molecule has 0 amide bonds. The summed E-state index contributed by atoms with van der Waals surface area (Å²) in [5.74, 6) is 0. The average Bonchev–Trinajstić information content (AvgIpc) is 1.56. The minimum absolute atomic E-state index is 0. The quantitative estimate of drug-likeness (QED) is 0.107. The maximum absolute atomic E-state index is 13.3. The standard InChI is InChI=1S/C48H16N10.C28H10N4O2.C10H5N3.CH4/c1-54-34-12-10-31(11-13-34)44-46(47(57-4)33-15-29(24-51)17-36(19-33)56-3)39-20-37-38(21-40(39)48(44)58-5)45(41(25-52)32-14-28(23-50)16-35(18-32)55-2)43(42(37)26-53)30-8-6-27(22-49)7-9-30;1-31-18-9-7-17(8-10-18)25-26(32-2)20-12-21-19(11-22(20)28(25)34)23(14-30)24(27(21)33)16-5-3-15(13-29)4-6-16;1-13-7-10-3-8(5-11)2-9(4-10)6-12;/h6-21H;3-12H;2-4H,7H2;1H4/b45-41+,47-46-;;;. The summed E-state index contributed by atoms with van der Waals surface area (Å²) in [7, 11) is 0. The van der Waals surface area contributed by atoms with Crippen LogP contribution in [-0.4, -0.2) is 0 Å². The van der Waals surface area contributed by atoms with Gasteiger partial charge in [0, 0.05) is 60.7 Å². The van der Waals surface area contributed by atoms with Crippen LogP contribution >= 0.6 is 0 Å². The zero-order chi connectivity index (χ0) is 74.8. The van der Waals surface area contributed by atoms with Crippen LogP contribution in [0.15, 0.2) is 186 Å². The van der Waals surface area contributed by atoms with Gasteiger partial charge in [-0.15, -0.1) is 0 Å². The molecule has 19 nitrogen and oxygen atoms in total. The van der Waals surface area contributed by atoms with Crippen molar-refractivity contribution < 1.29 is 0 Å². The van der Waals surface area contributed by atoms with E-state index in [1.807, 2.05) is 30.3 Å². The van der Waals surface area contributed by atoms with Crippen molar-refractivity contribution in [3.63, 3.8) is 0 Å². The van der Waals surface area contributed by atoms with Gasteiger partial charge in [-0.1, -0.05) is 104 Å². The van der Waals surface area contributed by atoms with Gasteiger partial charge < -0.3 is 4.85 Å². The second-order valence-electron chi connectivity index (χ2n) is 22.8. The second kappa shape index (κ2) is 30.2. The van der Waals surface area contributed by atoms with Crippen LogP contribution in [0.3, 0.4) is 0 Å². The van der Waals surface area contributed by atoms with Crippen LogP contribution in [0.25, 0.3) is 127 Å². The van der Waals surface area contributed by atoms with E-state index in [-0.39, 0.29) is 114 Å². The van der Waals surface area contributed by atoms with Crippen LogP contribution in [0.2, 0.25) is 0 Å². The first-order chi connectivity index (χ1) is 51.1. The van der Waals surface area contributed by atoms with Crippen LogP contribution in [0.4, 0.5) is 28.4 Å². The Morgan fingerprint density at radius 2 is 0.811 bits per heavy atom. The molecule has 106 heavy (non-hydrogen) atoms. The molecule has 0 radical (unpaired) electrons. The molecule has 11 aromatic rings. The highest BCUT2D eigenvalue weighted by Crippen LogP contribution is 2.57. The Bertz CT molecular complexity index is 6310. The summed E-state index contributed by atoms with van der Waals surface area (Å²) in [4.78, 5) is 55.2. The van der Waals surface area contributed by atoms with Gasteiger partial charge in [0.15, 0.2) is 39.3 Å². The van der Waals surface area contributed by atoms with E-state index in [2.05, 4.69) is 63.0 Å². The largest absolute Gasteiger partial charge is 0.312 e. The Labute approximate surface area is 606 Å². The first kappa shape index (κ1) is 70.9. The number of rotatable bonds is 7. The predicted molar refractivity (Wildman–Crippen MR) is 399 cm³/mol. The SMILES string of the molecule is C.[C-]#[N+]C1=C(c2ccc([N+]#[C-])cc2)/C(=C(\[N+]#[C-])c2cc(C#N)cc([N+]#[C-])c2)c2cc3c(cc21)/C(=C(/C#N)c1cc(C#N)cc([N+]#[C-])c1)C(c1ccc(C#N)cc1)=C3C#N.[C-]#[N+]Cc1cc(C#N)cc(C#N)c1.[C-]#[N+]c1ccc(-c2c([N+]#[C-])c3cc4c(=O)c(-c5ccc(C#N)cc5)c(C#N)c4cc3c2=O)cc1. The molecule has 0 bridgehead atoms. The Morgan fingerprint density at radius 3 is 1.30 bits per heavy atom. The van der Waals surface area contributed by atoms with E-state index in [4.69, 9.17) is 68.4 Å². The molecule has 0 fully saturated rings. The molecule has 0 atom stereocenters. The van der Waals surface area contributed by atoms with Crippen molar-refractivity contribution in [2.45, 2.75) is 14.0 Å². The van der Waals surface area contributed by atoms with Crippen LogP contribution in [-0.2, 0) is 6.54 Å². The third kappa shape index (κ3) is 12.8. The lowest BCUT2D eigenvalue weighted by molar-refractivity contribution is 1.25. The van der Waals surface area contributed by atoms with Gasteiger partial charge in [0.1, 0.15) is 18.2 Å². The Kier molecular flexibility index (Phi) is 20.2. The molecular weight excluding hydrogens is 1320 g/mol. The maximum Gasteiger partial charge on any atom is 0.239 e. The lowest BCUT2D eigenvalue weighted by Crippen LogP contribution is -1.99. The molecule has 0 aliphatic heterocycles. The van der Waals surface area contributed by atoms with E-state index in [1.165, 1.54) is 54.6 Å². The van der Waals surface area contributed by atoms with Crippen LogP contribution in [0.5, 0.6) is 0 Å². The highest BCUT2D eigenvalue weighted by Gasteiger charge is 2.38. The molecule has 11 aromatic carbocycles. The van der Waals surface area contributed by atoms with Crippen molar-refractivity contribution in [3.05, 3.63) is 377 Å². The fourth-order valence-corrected chi connectivity index (χ4v) is 12.5. The highest BCUT2D eigenvalue weighted by molar-refractivity contribution is 6.34. The minimum atomic E-state index is -0.370. The number of hydrogen-bond acceptors (Lipinski definition) is 11. The van der Waals surface area contributed by atoms with Crippen LogP contribution < -0.4 is 10.9 Å². The molecule has 0 spiro atoms. The van der Waals surface area contributed by atoms with Gasteiger partial charge in [0.05, 0.1) is 121 Å². The molecule has 0 N–H and O–H groups in total. The third-order valence-electron chi connectivity index (χ3n) is 17.1. The van der Waals surface area contributed by atoms with Crippen LogP contribution in [0.1, 0.15) is 96.4 Å². The van der Waals surface area contributed by atoms with Gasteiger partial charge >= 0.3 is 0 Å². The van der Waals surface area contributed by atoms with Crippen LogP contribution in [0, 0.1) is 155 Å². The smallest absolute Gasteiger partial charge is 0.239 e. The van der Waals surface area contributed by atoms with Crippen molar-refractivity contribution in [1.29, 1.82) is 47.4 Å². The average molecular weight is 1350 g/mol. The van der Waals surface area contributed by atoms with Gasteiger partial charge in [-0.2, -0.15) is 47.4 Å². The third-order valence-corrected chi connectivity index (χ3v) is 17.1. The van der Waals surface area contributed by atoms with Gasteiger partial charge in [-0.05, 0) is 145 Å². The number of fused-ring (bicyclic) bond motifs is 4. The zero-order valence-corrected chi connectivity index (χ0v) is 53.9. The van der Waals surface area contributed by atoms with E-state index < -0.39 is 0 Å². The maximum atomic E-state index is 13.3. The minimum Gasteiger partial charge on any atom is -0.312 e. The molecule has 2 aliphatic rings. The molecule has 2 aliphatic carbocycles. The van der Waals surface area contributed by atoms with Gasteiger partial charge in [-0.25, -0.2) is 40.5 Å². The van der Waals surface area contributed by atoms with Crippen molar-refractivity contribution in [2.75, 3.05) is 0 Å². The summed E-state index contributed by atoms with van der Waals surface area (Å²) < 4.78 is 0. The molecule has 0 saturated carbocycles. The number of hydrogen-bond donors (Lipinski definition) is 0. The number of nitrogens with zero attached hydrogens (tertiary/aromatic N) is 17. The van der Waals surface area contributed by atoms with E-state index >= 15 is 0 Å². The normalized spacial score (nSPS) is 11.8. The topological polar surface area (TPSA) is 283 Å². The summed E-state index contributed by atoms with van der Waals surface area (Å²) in [5.41, 5.74) is 9.39. The Balaban J connectivity index is 0.000000209. The summed E-state index contributed by atoms with van der Waals surface area (Å²) in [6, 6.07) is 64.5. The lowest BCUT2D eigenvalue weighted by atomic mass is 9.87. The fourth-order valence-electron chi connectivity index (χ4n) is 12.5. The number of benzene rings is 9. The van der Waals surface area contributed by atoms with Crippen molar-refractivity contribution in [3.8, 4) is 76.9 Å². The first-order valence-corrected chi connectivity index (χ1v) is 30.5. The Morgan fingerprint density at radius 1 is 0.358 bits per heavy atom. The van der Waals surface area contributed by atoms with E-state index in [0.29, 0.717) is 117 Å².